The largest absolute Gasteiger partial charge is 0.503 e. The molecule has 1 heterocycles. The first-order chi connectivity index (χ1) is 9.06. The molecule has 2 rings (SSSR count). The van der Waals surface area contributed by atoms with E-state index in [0.29, 0.717) is 11.3 Å². The molecule has 5 nitrogen and oxygen atoms in total. The first-order valence-electron chi connectivity index (χ1n) is 5.65. The van der Waals surface area contributed by atoms with Gasteiger partial charge in [-0.1, -0.05) is 30.3 Å². The number of aryl methyl sites for hydroxylation is 1. The SMILES string of the molecule is COC(=O)c1c(C)[nH]c(=O)c(O)c1-c1ccccc1. The minimum Gasteiger partial charge on any atom is -0.503 e. The molecule has 1 aromatic carbocycles. The molecular formula is C14H13NO4. The van der Waals surface area contributed by atoms with Crippen LogP contribution >= 0.6 is 0 Å². The van der Waals surface area contributed by atoms with Gasteiger partial charge in [0, 0.05) is 11.3 Å². The van der Waals surface area contributed by atoms with Gasteiger partial charge in [-0.2, -0.15) is 0 Å². The number of benzene rings is 1. The molecule has 0 aliphatic rings. The first-order valence-corrected chi connectivity index (χ1v) is 5.65. The lowest BCUT2D eigenvalue weighted by Gasteiger charge is -2.12. The molecule has 0 spiro atoms. The summed E-state index contributed by atoms with van der Waals surface area (Å²) in [5, 5.41) is 9.95. The third-order valence-corrected chi connectivity index (χ3v) is 2.83. The minimum atomic E-state index is -0.635. The molecule has 98 valence electrons. The molecule has 0 radical (unpaired) electrons. The van der Waals surface area contributed by atoms with Gasteiger partial charge >= 0.3 is 5.97 Å². The van der Waals surface area contributed by atoms with Gasteiger partial charge < -0.3 is 14.8 Å². The predicted molar refractivity (Wildman–Crippen MR) is 70.2 cm³/mol. The Morgan fingerprint density at radius 2 is 1.89 bits per heavy atom. The van der Waals surface area contributed by atoms with E-state index >= 15 is 0 Å². The average Bonchev–Trinajstić information content (AvgIpc) is 2.42. The molecule has 1 aromatic heterocycles. The number of methoxy groups -OCH3 is 1. The number of H-pyrrole nitrogens is 1. The van der Waals surface area contributed by atoms with Crippen LogP contribution in [-0.2, 0) is 4.74 Å². The topological polar surface area (TPSA) is 79.4 Å². The molecule has 0 saturated carbocycles. The normalized spacial score (nSPS) is 10.2. The van der Waals surface area contributed by atoms with Gasteiger partial charge in [0.25, 0.3) is 5.56 Å². The Balaban J connectivity index is 2.84. The zero-order chi connectivity index (χ0) is 14.0. The van der Waals surface area contributed by atoms with Crippen molar-refractivity contribution in [2.75, 3.05) is 7.11 Å². The standard InChI is InChI=1S/C14H13NO4/c1-8-10(14(18)19-2)11(12(16)13(17)15-8)9-6-4-3-5-7-9/h3-7,16H,1-2H3,(H,15,17). The maximum Gasteiger partial charge on any atom is 0.340 e. The van der Waals surface area contributed by atoms with Crippen LogP contribution in [0.4, 0.5) is 0 Å². The van der Waals surface area contributed by atoms with E-state index in [2.05, 4.69) is 4.98 Å². The summed E-state index contributed by atoms with van der Waals surface area (Å²) in [4.78, 5) is 25.9. The van der Waals surface area contributed by atoms with Crippen molar-refractivity contribution in [3.05, 3.63) is 51.9 Å². The van der Waals surface area contributed by atoms with Gasteiger partial charge in [0.1, 0.15) is 0 Å². The maximum atomic E-state index is 11.8. The number of esters is 1. The van der Waals surface area contributed by atoms with Crippen LogP contribution < -0.4 is 5.56 Å². The number of aromatic nitrogens is 1. The van der Waals surface area contributed by atoms with Gasteiger partial charge in [0.15, 0.2) is 5.75 Å². The van der Waals surface area contributed by atoms with Crippen LogP contribution in [0.15, 0.2) is 35.1 Å². The molecule has 0 atom stereocenters. The summed E-state index contributed by atoms with van der Waals surface area (Å²) in [6.07, 6.45) is 0. The van der Waals surface area contributed by atoms with Crippen molar-refractivity contribution in [3.8, 4) is 16.9 Å². The second kappa shape index (κ2) is 4.97. The predicted octanol–water partition coefficient (Wildman–Crippen LogP) is 1.84. The lowest BCUT2D eigenvalue weighted by atomic mass is 9.98. The molecule has 19 heavy (non-hydrogen) atoms. The van der Waals surface area contributed by atoms with Gasteiger partial charge in [0.05, 0.1) is 12.7 Å². The van der Waals surface area contributed by atoms with Crippen LogP contribution in [0.25, 0.3) is 11.1 Å². The molecule has 2 N–H and O–H groups in total. The zero-order valence-electron chi connectivity index (χ0n) is 10.6. The Bertz CT molecular complexity index is 674. The molecule has 0 saturated heterocycles. The number of rotatable bonds is 2. The molecule has 2 aromatic rings. The third-order valence-electron chi connectivity index (χ3n) is 2.83. The molecule has 0 fully saturated rings. The number of carbonyl (C=O) groups excluding carboxylic acids is 1. The van der Waals surface area contributed by atoms with E-state index in [0.717, 1.165) is 0 Å². The number of carbonyl (C=O) groups is 1. The van der Waals surface area contributed by atoms with E-state index in [4.69, 9.17) is 4.74 Å². The summed E-state index contributed by atoms with van der Waals surface area (Å²) in [7, 11) is 1.25. The van der Waals surface area contributed by atoms with Crippen molar-refractivity contribution in [2.45, 2.75) is 6.92 Å². The zero-order valence-corrected chi connectivity index (χ0v) is 10.6. The van der Waals surface area contributed by atoms with Crippen LogP contribution in [0, 0.1) is 6.92 Å². The summed E-state index contributed by atoms with van der Waals surface area (Å²) in [5.74, 6) is -1.10. The van der Waals surface area contributed by atoms with Crippen LogP contribution in [0.1, 0.15) is 16.1 Å². The fourth-order valence-electron chi connectivity index (χ4n) is 1.95. The fraction of sp³-hybridized carbons (Fsp3) is 0.143. The summed E-state index contributed by atoms with van der Waals surface area (Å²) in [6.45, 7) is 1.58. The molecule has 0 unspecified atom stereocenters. The molecule has 0 bridgehead atoms. The quantitative estimate of drug-likeness (QED) is 0.806. The minimum absolute atomic E-state index is 0.158. The van der Waals surface area contributed by atoms with Crippen molar-refractivity contribution >= 4 is 5.97 Å². The first kappa shape index (κ1) is 12.9. The Kier molecular flexibility index (Phi) is 3.37. The molecule has 0 aliphatic carbocycles. The number of nitrogens with one attached hydrogen (secondary N) is 1. The van der Waals surface area contributed by atoms with Crippen LogP contribution in [0.3, 0.4) is 0 Å². The highest BCUT2D eigenvalue weighted by Gasteiger charge is 2.22. The van der Waals surface area contributed by atoms with Gasteiger partial charge in [-0.05, 0) is 12.5 Å². The maximum absolute atomic E-state index is 11.8. The van der Waals surface area contributed by atoms with E-state index in [1.807, 2.05) is 0 Å². The van der Waals surface area contributed by atoms with Crippen LogP contribution in [0.5, 0.6) is 5.75 Å². The van der Waals surface area contributed by atoms with Crippen molar-refractivity contribution < 1.29 is 14.6 Å². The van der Waals surface area contributed by atoms with E-state index < -0.39 is 17.3 Å². The third kappa shape index (κ3) is 2.22. The van der Waals surface area contributed by atoms with Crippen molar-refractivity contribution in [1.29, 1.82) is 0 Å². The summed E-state index contributed by atoms with van der Waals surface area (Å²) >= 11 is 0. The van der Waals surface area contributed by atoms with Crippen molar-refractivity contribution in [2.24, 2.45) is 0 Å². The summed E-state index contributed by atoms with van der Waals surface area (Å²) in [5.41, 5.74) is 0.645. The summed E-state index contributed by atoms with van der Waals surface area (Å²) in [6, 6.07) is 8.73. The Morgan fingerprint density at radius 1 is 1.26 bits per heavy atom. The molecule has 5 heteroatoms. The van der Waals surface area contributed by atoms with Crippen LogP contribution in [0.2, 0.25) is 0 Å². The second-order valence-electron chi connectivity index (χ2n) is 4.04. The lowest BCUT2D eigenvalue weighted by Crippen LogP contribution is -2.16. The second-order valence-corrected chi connectivity index (χ2v) is 4.04. The molecule has 0 aliphatic heterocycles. The highest BCUT2D eigenvalue weighted by atomic mass is 16.5. The smallest absolute Gasteiger partial charge is 0.340 e. The van der Waals surface area contributed by atoms with E-state index in [1.165, 1.54) is 7.11 Å². The highest BCUT2D eigenvalue weighted by Crippen LogP contribution is 2.31. The Hall–Kier alpha value is -2.56. The lowest BCUT2D eigenvalue weighted by molar-refractivity contribution is 0.0599. The van der Waals surface area contributed by atoms with Gasteiger partial charge in [-0.15, -0.1) is 0 Å². The van der Waals surface area contributed by atoms with Gasteiger partial charge in [-0.3, -0.25) is 4.79 Å². The average molecular weight is 259 g/mol. The van der Waals surface area contributed by atoms with Gasteiger partial charge in [0.2, 0.25) is 0 Å². The Labute approximate surface area is 109 Å². The molecular weight excluding hydrogens is 246 g/mol. The number of pyridine rings is 1. The monoisotopic (exact) mass is 259 g/mol. The summed E-state index contributed by atoms with van der Waals surface area (Å²) < 4.78 is 4.70. The Morgan fingerprint density at radius 3 is 2.47 bits per heavy atom. The van der Waals surface area contributed by atoms with Crippen molar-refractivity contribution in [1.82, 2.24) is 4.98 Å². The number of hydrogen-bond donors (Lipinski definition) is 2. The molecule has 0 amide bonds. The fourth-order valence-corrected chi connectivity index (χ4v) is 1.95. The van der Waals surface area contributed by atoms with E-state index in [-0.39, 0.29) is 11.1 Å². The van der Waals surface area contributed by atoms with Crippen LogP contribution in [-0.4, -0.2) is 23.2 Å². The van der Waals surface area contributed by atoms with Crippen molar-refractivity contribution in [3.63, 3.8) is 0 Å². The van der Waals surface area contributed by atoms with E-state index in [1.54, 1.807) is 37.3 Å². The van der Waals surface area contributed by atoms with Gasteiger partial charge in [-0.25, -0.2) is 4.79 Å². The number of aromatic hydroxyl groups is 1. The van der Waals surface area contributed by atoms with E-state index in [9.17, 15) is 14.7 Å². The number of hydrogen-bond acceptors (Lipinski definition) is 4. The number of aromatic amines is 1. The number of ether oxygens (including phenoxy) is 1. The highest BCUT2D eigenvalue weighted by molar-refractivity contribution is 5.99.